The fourth-order valence-electron chi connectivity index (χ4n) is 3.77. The molecule has 0 aromatic heterocycles. The van der Waals surface area contributed by atoms with Crippen LogP contribution in [0.15, 0.2) is 0 Å². The van der Waals surface area contributed by atoms with E-state index in [1.165, 1.54) is 77.0 Å². The van der Waals surface area contributed by atoms with Crippen molar-refractivity contribution in [2.24, 2.45) is 0 Å². The lowest BCUT2D eigenvalue weighted by Crippen LogP contribution is -2.26. The molecule has 1 atom stereocenters. The number of phosphoric ester groups is 1. The van der Waals surface area contributed by atoms with Crippen molar-refractivity contribution in [1.29, 1.82) is 0 Å². The van der Waals surface area contributed by atoms with Gasteiger partial charge in [0.2, 0.25) is 0 Å². The summed E-state index contributed by atoms with van der Waals surface area (Å²) >= 11 is 0. The molecular weight excluding hydrogens is 465 g/mol. The molecule has 0 amide bonds. The van der Waals surface area contributed by atoms with E-state index >= 15 is 0 Å². The van der Waals surface area contributed by atoms with Crippen LogP contribution in [0, 0.1) is 0 Å². The topological polar surface area (TPSA) is 77.5 Å². The van der Waals surface area contributed by atoms with Crippen LogP contribution < -0.4 is 0 Å². The summed E-state index contributed by atoms with van der Waals surface area (Å²) in [5.74, 6) is 0. The van der Waals surface area contributed by atoms with Gasteiger partial charge in [-0.3, -0.25) is 9.05 Å². The molecule has 0 radical (unpaired) electrons. The lowest BCUT2D eigenvalue weighted by atomic mass is 10.1. The van der Waals surface area contributed by atoms with Gasteiger partial charge >= 0.3 is 7.82 Å². The van der Waals surface area contributed by atoms with Gasteiger partial charge in [-0.15, -0.1) is 0 Å². The van der Waals surface area contributed by atoms with E-state index in [1.807, 2.05) is 19.0 Å². The van der Waals surface area contributed by atoms with Crippen molar-refractivity contribution in [2.45, 2.75) is 123 Å². The highest BCUT2D eigenvalue weighted by molar-refractivity contribution is 7.47. The molecule has 0 fully saturated rings. The van der Waals surface area contributed by atoms with E-state index in [9.17, 15) is 9.46 Å². The van der Waals surface area contributed by atoms with Crippen LogP contribution in [-0.4, -0.2) is 69.6 Å². The van der Waals surface area contributed by atoms with Gasteiger partial charge in [0.05, 0.1) is 19.8 Å². The number of phosphoric acid groups is 1. The molecule has 35 heavy (non-hydrogen) atoms. The number of likely N-dealkylation sites (N-methyl/N-ethyl adjacent to an activating group) is 1. The predicted molar refractivity (Wildman–Crippen MR) is 146 cm³/mol. The molecule has 0 aliphatic rings. The summed E-state index contributed by atoms with van der Waals surface area (Å²) in [4.78, 5) is 12.0. The minimum atomic E-state index is -4.15. The number of hydrogen-bond acceptors (Lipinski definition) is 6. The molecule has 1 unspecified atom stereocenters. The minimum Gasteiger partial charge on any atom is -0.379 e. The van der Waals surface area contributed by atoms with E-state index in [1.54, 1.807) is 0 Å². The Morgan fingerprint density at radius 2 is 1.06 bits per heavy atom. The summed E-state index contributed by atoms with van der Waals surface area (Å²) in [6.45, 7) is 6.87. The van der Waals surface area contributed by atoms with E-state index in [0.29, 0.717) is 19.8 Å². The van der Waals surface area contributed by atoms with Crippen molar-refractivity contribution in [3.05, 3.63) is 0 Å². The Morgan fingerprint density at radius 1 is 0.657 bits per heavy atom. The van der Waals surface area contributed by atoms with Crippen LogP contribution in [0.25, 0.3) is 0 Å². The fourth-order valence-corrected chi connectivity index (χ4v) is 4.64. The molecule has 0 saturated carbocycles. The van der Waals surface area contributed by atoms with Crippen molar-refractivity contribution in [2.75, 3.05) is 53.7 Å². The lowest BCUT2D eigenvalue weighted by Gasteiger charge is -2.21. The monoisotopic (exact) mass is 523 g/mol. The van der Waals surface area contributed by atoms with Gasteiger partial charge in [0, 0.05) is 19.8 Å². The quantitative estimate of drug-likeness (QED) is 0.0847. The van der Waals surface area contributed by atoms with E-state index in [-0.39, 0.29) is 19.8 Å². The Hall–Kier alpha value is -0.0100. The lowest BCUT2D eigenvalue weighted by molar-refractivity contribution is -0.0238. The Labute approximate surface area is 217 Å². The average Bonchev–Trinajstić information content (AvgIpc) is 2.80. The third kappa shape index (κ3) is 26.9. The molecule has 7 nitrogen and oxygen atoms in total. The van der Waals surface area contributed by atoms with Crippen molar-refractivity contribution in [1.82, 2.24) is 4.90 Å². The van der Waals surface area contributed by atoms with Crippen LogP contribution in [0.4, 0.5) is 0 Å². The van der Waals surface area contributed by atoms with Gasteiger partial charge in [0.1, 0.15) is 6.10 Å². The molecule has 0 aliphatic heterocycles. The SMILES string of the molecule is CCCCCCCCCCOCC(COCCCCCCCCCC)OP(=O)(O)OCCN(C)C. The summed E-state index contributed by atoms with van der Waals surface area (Å²) in [6, 6.07) is 0. The van der Waals surface area contributed by atoms with Crippen molar-refractivity contribution in [3.63, 3.8) is 0 Å². The van der Waals surface area contributed by atoms with E-state index in [4.69, 9.17) is 18.5 Å². The van der Waals surface area contributed by atoms with Crippen molar-refractivity contribution < 1.29 is 28.0 Å². The second-order valence-corrected chi connectivity index (χ2v) is 11.3. The van der Waals surface area contributed by atoms with Crippen molar-refractivity contribution in [3.8, 4) is 0 Å². The maximum atomic E-state index is 12.4. The van der Waals surface area contributed by atoms with E-state index in [2.05, 4.69) is 13.8 Å². The van der Waals surface area contributed by atoms with Gasteiger partial charge in [-0.25, -0.2) is 4.57 Å². The largest absolute Gasteiger partial charge is 0.472 e. The second-order valence-electron chi connectivity index (χ2n) is 9.93. The first-order valence-corrected chi connectivity index (χ1v) is 15.9. The number of rotatable bonds is 28. The van der Waals surface area contributed by atoms with Crippen LogP contribution in [0.2, 0.25) is 0 Å². The highest BCUT2D eigenvalue weighted by Gasteiger charge is 2.27. The Balaban J connectivity index is 4.15. The molecule has 0 saturated heterocycles. The molecule has 212 valence electrons. The molecule has 0 rings (SSSR count). The van der Waals surface area contributed by atoms with Crippen LogP contribution >= 0.6 is 7.82 Å². The molecular formula is C27H58NO6P. The van der Waals surface area contributed by atoms with Gasteiger partial charge in [-0.05, 0) is 26.9 Å². The number of nitrogens with zero attached hydrogens (tertiary/aromatic N) is 1. The highest BCUT2D eigenvalue weighted by Crippen LogP contribution is 2.44. The van der Waals surface area contributed by atoms with Crippen LogP contribution in [0.1, 0.15) is 117 Å². The number of hydrogen-bond donors (Lipinski definition) is 1. The van der Waals surface area contributed by atoms with Crippen molar-refractivity contribution >= 4 is 7.82 Å². The summed E-state index contributed by atoms with van der Waals surface area (Å²) in [5, 5.41) is 0. The summed E-state index contributed by atoms with van der Waals surface area (Å²) in [5.41, 5.74) is 0. The first kappa shape index (κ1) is 35.0. The van der Waals surface area contributed by atoms with Gasteiger partial charge in [-0.1, -0.05) is 104 Å². The molecule has 0 heterocycles. The first-order valence-electron chi connectivity index (χ1n) is 14.4. The predicted octanol–water partition coefficient (Wildman–Crippen LogP) is 7.36. The number of unbranched alkanes of at least 4 members (excludes halogenated alkanes) is 14. The van der Waals surface area contributed by atoms with Gasteiger partial charge in [0.25, 0.3) is 0 Å². The van der Waals surface area contributed by atoms with Gasteiger partial charge < -0.3 is 19.3 Å². The molecule has 0 bridgehead atoms. The highest BCUT2D eigenvalue weighted by atomic mass is 31.2. The van der Waals surface area contributed by atoms with Crippen LogP contribution in [-0.2, 0) is 23.1 Å². The van der Waals surface area contributed by atoms with Gasteiger partial charge in [0.15, 0.2) is 0 Å². The van der Waals surface area contributed by atoms with Crippen LogP contribution in [0.3, 0.4) is 0 Å². The zero-order chi connectivity index (χ0) is 26.0. The van der Waals surface area contributed by atoms with Gasteiger partial charge in [-0.2, -0.15) is 0 Å². The summed E-state index contributed by atoms with van der Waals surface area (Å²) in [7, 11) is -0.387. The maximum Gasteiger partial charge on any atom is 0.472 e. The third-order valence-electron chi connectivity index (χ3n) is 5.97. The zero-order valence-electron chi connectivity index (χ0n) is 23.5. The Morgan fingerprint density at radius 3 is 1.46 bits per heavy atom. The molecule has 1 N–H and O–H groups in total. The second kappa shape index (κ2) is 25.6. The molecule has 0 spiro atoms. The first-order chi connectivity index (χ1) is 16.9. The molecule has 0 aliphatic carbocycles. The van der Waals surface area contributed by atoms with Crippen LogP contribution in [0.5, 0.6) is 0 Å². The molecule has 8 heteroatoms. The average molecular weight is 524 g/mol. The van der Waals surface area contributed by atoms with E-state index < -0.39 is 13.9 Å². The Kier molecular flexibility index (Phi) is 25.6. The summed E-state index contributed by atoms with van der Waals surface area (Å²) < 4.78 is 34.4. The van der Waals surface area contributed by atoms with E-state index in [0.717, 1.165) is 25.7 Å². The standard InChI is InChI=1S/C27H58NO6P/c1-5-7-9-11-13-15-17-19-22-31-25-27(34-35(29,30)33-24-21-28(3)4)26-32-23-20-18-16-14-12-10-8-6-2/h27H,5-26H2,1-4H3,(H,29,30). The third-order valence-corrected chi connectivity index (χ3v) is 7.04. The summed E-state index contributed by atoms with van der Waals surface area (Å²) in [6.07, 6.45) is 19.3. The molecule has 0 aromatic rings. The normalized spacial score (nSPS) is 13.7. The maximum absolute atomic E-state index is 12.4. The minimum absolute atomic E-state index is 0.131. The smallest absolute Gasteiger partial charge is 0.379 e. The number of ether oxygens (including phenoxy) is 2. The Bertz CT molecular complexity index is 457. The zero-order valence-corrected chi connectivity index (χ0v) is 24.4. The fraction of sp³-hybridized carbons (Fsp3) is 1.00. The molecule has 0 aromatic carbocycles.